The van der Waals surface area contributed by atoms with E-state index < -0.39 is 0 Å². The second-order valence-corrected chi connectivity index (χ2v) is 4.20. The van der Waals surface area contributed by atoms with Crippen molar-refractivity contribution in [2.45, 2.75) is 6.92 Å². The number of aldehydes is 1. The maximum atomic E-state index is 10.8. The number of carbonyl (C=O) groups is 1. The van der Waals surface area contributed by atoms with Crippen molar-refractivity contribution in [1.82, 2.24) is 0 Å². The molecule has 0 spiro atoms. The van der Waals surface area contributed by atoms with Gasteiger partial charge in [-0.25, -0.2) is 0 Å². The van der Waals surface area contributed by atoms with Gasteiger partial charge in [0.05, 0.1) is 7.11 Å². The van der Waals surface area contributed by atoms with Crippen molar-refractivity contribution in [2.75, 3.05) is 7.11 Å². The zero-order valence-electron chi connectivity index (χ0n) is 8.03. The van der Waals surface area contributed by atoms with Crippen LogP contribution in [0.2, 0.25) is 0 Å². The van der Waals surface area contributed by atoms with Gasteiger partial charge in [0.1, 0.15) is 10.6 Å². The lowest BCUT2D eigenvalue weighted by Crippen LogP contribution is -1.84. The first-order valence-electron chi connectivity index (χ1n) is 4.28. The smallest absolute Gasteiger partial charge is 0.163 e. The van der Waals surface area contributed by atoms with Crippen LogP contribution in [-0.2, 0) is 0 Å². The molecule has 14 heavy (non-hydrogen) atoms. The number of thiophene rings is 1. The van der Waals surface area contributed by atoms with Crippen LogP contribution in [0, 0.1) is 6.92 Å². The molecule has 0 radical (unpaired) electrons. The maximum Gasteiger partial charge on any atom is 0.163 e. The molecule has 0 atom stereocenters. The minimum Gasteiger partial charge on any atom is -0.494 e. The minimum absolute atomic E-state index is 0.660. The van der Waals surface area contributed by atoms with E-state index >= 15 is 0 Å². The molecule has 1 aromatic carbocycles. The number of hydrogen-bond donors (Lipinski definition) is 0. The van der Waals surface area contributed by atoms with Crippen LogP contribution in [0.25, 0.3) is 10.1 Å². The van der Waals surface area contributed by atoms with Crippen LogP contribution in [0.5, 0.6) is 5.75 Å². The first-order chi connectivity index (χ1) is 6.76. The third kappa shape index (κ3) is 1.30. The van der Waals surface area contributed by atoms with E-state index in [1.807, 2.05) is 19.1 Å². The van der Waals surface area contributed by atoms with Crippen molar-refractivity contribution in [3.05, 3.63) is 28.6 Å². The number of ether oxygens (including phenoxy) is 1. The number of carbonyl (C=O) groups excluding carboxylic acids is 1. The summed E-state index contributed by atoms with van der Waals surface area (Å²) in [5.74, 6) is 0.694. The average molecular weight is 206 g/mol. The molecular weight excluding hydrogens is 196 g/mol. The summed E-state index contributed by atoms with van der Waals surface area (Å²) in [5, 5.41) is 1.02. The highest BCUT2D eigenvalue weighted by Crippen LogP contribution is 2.36. The van der Waals surface area contributed by atoms with Crippen LogP contribution < -0.4 is 4.74 Å². The zero-order valence-corrected chi connectivity index (χ0v) is 8.85. The molecule has 1 heterocycles. The Morgan fingerprint density at radius 2 is 2.21 bits per heavy atom. The number of fused-ring (bicyclic) bond motifs is 1. The minimum atomic E-state index is 0.660. The fraction of sp³-hybridized carbons (Fsp3) is 0.182. The predicted octanol–water partition coefficient (Wildman–Crippen LogP) is 3.03. The summed E-state index contributed by atoms with van der Waals surface area (Å²) >= 11 is 1.47. The van der Waals surface area contributed by atoms with Gasteiger partial charge in [-0.1, -0.05) is 6.07 Å². The van der Waals surface area contributed by atoms with Gasteiger partial charge in [0.2, 0.25) is 0 Å². The molecule has 0 saturated heterocycles. The molecule has 0 fully saturated rings. The van der Waals surface area contributed by atoms with Gasteiger partial charge in [0.15, 0.2) is 6.29 Å². The van der Waals surface area contributed by atoms with Crippen LogP contribution >= 0.6 is 11.3 Å². The number of methoxy groups -OCH3 is 1. The average Bonchev–Trinajstić information content (AvgIpc) is 2.54. The summed E-state index contributed by atoms with van der Waals surface area (Å²) < 4.78 is 6.31. The molecule has 2 aromatic rings. The van der Waals surface area contributed by atoms with Crippen LogP contribution in [0.1, 0.15) is 15.2 Å². The van der Waals surface area contributed by atoms with Crippen molar-refractivity contribution in [3.63, 3.8) is 0 Å². The molecule has 0 amide bonds. The Balaban J connectivity index is 2.79. The van der Waals surface area contributed by atoms with Crippen LogP contribution in [-0.4, -0.2) is 13.4 Å². The summed E-state index contributed by atoms with van der Waals surface area (Å²) in [6.07, 6.45) is 0.846. The predicted molar refractivity (Wildman–Crippen MR) is 58.5 cm³/mol. The third-order valence-corrected chi connectivity index (χ3v) is 3.20. The van der Waals surface area contributed by atoms with E-state index in [2.05, 4.69) is 6.07 Å². The second-order valence-electron chi connectivity index (χ2n) is 3.12. The monoisotopic (exact) mass is 206 g/mol. The standard InChI is InChI=1S/C11H10O2S/c1-7-3-4-8-9(5-7)14-10(6-12)11(8)13-2/h3-6H,1-2H3. The molecular formula is C11H10O2S. The lowest BCUT2D eigenvalue weighted by Gasteiger charge is -1.97. The van der Waals surface area contributed by atoms with E-state index in [4.69, 9.17) is 4.74 Å². The van der Waals surface area contributed by atoms with Gasteiger partial charge < -0.3 is 4.74 Å². The largest absolute Gasteiger partial charge is 0.494 e. The van der Waals surface area contributed by atoms with Crippen LogP contribution in [0.15, 0.2) is 18.2 Å². The van der Waals surface area contributed by atoms with E-state index in [1.54, 1.807) is 7.11 Å². The zero-order chi connectivity index (χ0) is 10.1. The van der Waals surface area contributed by atoms with E-state index in [0.717, 1.165) is 16.4 Å². The van der Waals surface area contributed by atoms with E-state index in [0.29, 0.717) is 10.6 Å². The first-order valence-corrected chi connectivity index (χ1v) is 5.10. The van der Waals surface area contributed by atoms with Crippen LogP contribution in [0.4, 0.5) is 0 Å². The molecule has 0 N–H and O–H groups in total. The summed E-state index contributed by atoms with van der Waals surface area (Å²) in [6, 6.07) is 6.08. The summed E-state index contributed by atoms with van der Waals surface area (Å²) in [4.78, 5) is 11.4. The van der Waals surface area contributed by atoms with Gasteiger partial charge in [0, 0.05) is 10.1 Å². The number of benzene rings is 1. The van der Waals surface area contributed by atoms with Gasteiger partial charge in [-0.05, 0) is 24.6 Å². The van der Waals surface area contributed by atoms with Crippen LogP contribution in [0.3, 0.4) is 0 Å². The molecule has 72 valence electrons. The third-order valence-electron chi connectivity index (χ3n) is 2.14. The Labute approximate surface area is 86.1 Å². The molecule has 0 saturated carbocycles. The van der Waals surface area contributed by atoms with Crippen molar-refractivity contribution < 1.29 is 9.53 Å². The molecule has 2 rings (SSSR count). The van der Waals surface area contributed by atoms with Crippen molar-refractivity contribution in [1.29, 1.82) is 0 Å². The number of aryl methyl sites for hydroxylation is 1. The highest BCUT2D eigenvalue weighted by atomic mass is 32.1. The topological polar surface area (TPSA) is 26.3 Å². The van der Waals surface area contributed by atoms with Gasteiger partial charge >= 0.3 is 0 Å². The molecule has 0 aliphatic rings. The normalized spacial score (nSPS) is 10.4. The quantitative estimate of drug-likeness (QED) is 0.706. The highest BCUT2D eigenvalue weighted by Gasteiger charge is 2.11. The second kappa shape index (κ2) is 3.42. The Kier molecular flexibility index (Phi) is 2.25. The summed E-state index contributed by atoms with van der Waals surface area (Å²) in [5.41, 5.74) is 1.19. The fourth-order valence-corrected chi connectivity index (χ4v) is 2.57. The lowest BCUT2D eigenvalue weighted by atomic mass is 10.2. The van der Waals surface area contributed by atoms with Crippen molar-refractivity contribution in [2.24, 2.45) is 0 Å². The SMILES string of the molecule is COc1c(C=O)sc2cc(C)ccc12. The first kappa shape index (κ1) is 9.21. The Bertz CT molecular complexity index is 485. The van der Waals surface area contributed by atoms with Gasteiger partial charge in [-0.2, -0.15) is 0 Å². The maximum absolute atomic E-state index is 10.8. The molecule has 2 nitrogen and oxygen atoms in total. The van der Waals surface area contributed by atoms with E-state index in [1.165, 1.54) is 16.9 Å². The van der Waals surface area contributed by atoms with Crippen molar-refractivity contribution >= 4 is 27.7 Å². The number of hydrogen-bond acceptors (Lipinski definition) is 3. The molecule has 0 aliphatic heterocycles. The van der Waals surface area contributed by atoms with E-state index in [9.17, 15) is 4.79 Å². The van der Waals surface area contributed by atoms with E-state index in [-0.39, 0.29) is 0 Å². The van der Waals surface area contributed by atoms with Crippen molar-refractivity contribution in [3.8, 4) is 5.75 Å². The molecule has 3 heteroatoms. The molecule has 0 aliphatic carbocycles. The van der Waals surface area contributed by atoms with Gasteiger partial charge in [0.25, 0.3) is 0 Å². The Hall–Kier alpha value is -1.35. The Morgan fingerprint density at radius 3 is 2.86 bits per heavy atom. The highest BCUT2D eigenvalue weighted by molar-refractivity contribution is 7.21. The van der Waals surface area contributed by atoms with Gasteiger partial charge in [-0.3, -0.25) is 4.79 Å². The summed E-state index contributed by atoms with van der Waals surface area (Å²) in [7, 11) is 1.59. The Morgan fingerprint density at radius 1 is 1.43 bits per heavy atom. The molecule has 1 aromatic heterocycles. The summed E-state index contributed by atoms with van der Waals surface area (Å²) in [6.45, 7) is 2.03. The number of rotatable bonds is 2. The van der Waals surface area contributed by atoms with Gasteiger partial charge in [-0.15, -0.1) is 11.3 Å². The lowest BCUT2D eigenvalue weighted by molar-refractivity contribution is 0.112. The molecule has 0 bridgehead atoms. The molecule has 0 unspecified atom stereocenters. The fourth-order valence-electron chi connectivity index (χ4n) is 1.49.